The zero-order chi connectivity index (χ0) is 16.4. The van der Waals surface area contributed by atoms with E-state index in [0.717, 1.165) is 11.1 Å². The minimum absolute atomic E-state index is 0.208. The Morgan fingerprint density at radius 3 is 2.83 bits per heavy atom. The van der Waals surface area contributed by atoms with E-state index in [1.807, 2.05) is 0 Å². The Morgan fingerprint density at radius 2 is 2.13 bits per heavy atom. The molecule has 0 radical (unpaired) electrons. The number of sulfonamides is 1. The van der Waals surface area contributed by atoms with Gasteiger partial charge >= 0.3 is 5.97 Å². The van der Waals surface area contributed by atoms with Gasteiger partial charge in [-0.3, -0.25) is 4.79 Å². The van der Waals surface area contributed by atoms with Gasteiger partial charge in [0.05, 0.1) is 5.92 Å². The summed E-state index contributed by atoms with van der Waals surface area (Å²) < 4.78 is 28.6. The molecule has 0 amide bonds. The van der Waals surface area contributed by atoms with Crippen LogP contribution in [0, 0.1) is 5.92 Å². The van der Waals surface area contributed by atoms with Crippen LogP contribution in [0.4, 0.5) is 0 Å². The first-order valence-corrected chi connectivity index (χ1v) is 10.0. The van der Waals surface area contributed by atoms with Crippen LogP contribution >= 0.6 is 22.9 Å². The molecule has 0 spiro atoms. The third-order valence-corrected chi connectivity index (χ3v) is 8.21. The average Bonchev–Trinajstić information content (AvgIpc) is 3.18. The van der Waals surface area contributed by atoms with Gasteiger partial charge in [0.15, 0.2) is 0 Å². The Kier molecular flexibility index (Phi) is 3.46. The summed E-state index contributed by atoms with van der Waals surface area (Å²) >= 11 is 7.37. The van der Waals surface area contributed by atoms with Crippen molar-refractivity contribution in [2.24, 2.45) is 5.92 Å². The number of carbonyl (C=O) groups is 1. The van der Waals surface area contributed by atoms with Crippen LogP contribution in [-0.4, -0.2) is 35.9 Å². The molecule has 3 heterocycles. The van der Waals surface area contributed by atoms with Crippen LogP contribution in [0.3, 0.4) is 0 Å². The van der Waals surface area contributed by atoms with Gasteiger partial charge < -0.3 is 5.11 Å². The van der Waals surface area contributed by atoms with Crippen LogP contribution in [0.15, 0.2) is 28.5 Å². The molecule has 8 heteroatoms. The zero-order valence-corrected chi connectivity index (χ0v) is 14.4. The first-order chi connectivity index (χ1) is 10.9. The monoisotopic (exact) mass is 371 g/mol. The van der Waals surface area contributed by atoms with Crippen LogP contribution in [-0.2, 0) is 14.8 Å². The number of fused-ring (bicyclic) bond motifs is 3. The van der Waals surface area contributed by atoms with Crippen molar-refractivity contribution in [3.8, 4) is 0 Å². The molecule has 2 aromatic rings. The SMILES string of the molecule is O=C(O)C1CC2CCC1N2S(=O)(=O)c1csc2ccc(Cl)cc12. The van der Waals surface area contributed by atoms with Crippen LogP contribution < -0.4 is 0 Å². The minimum Gasteiger partial charge on any atom is -0.481 e. The van der Waals surface area contributed by atoms with Gasteiger partial charge in [-0.05, 0) is 37.5 Å². The van der Waals surface area contributed by atoms with E-state index in [4.69, 9.17) is 11.6 Å². The second kappa shape index (κ2) is 5.17. The standard InChI is InChI=1S/C15H14ClNO4S2/c16-8-1-4-13-11(5-8)14(7-22-13)23(20,21)17-9-2-3-12(17)10(6-9)15(18)19/h1,4-5,7,9-10,12H,2-3,6H2,(H,18,19). The number of rotatable bonds is 3. The average molecular weight is 372 g/mol. The number of carboxylic acid groups (broad SMARTS) is 1. The quantitative estimate of drug-likeness (QED) is 0.899. The largest absolute Gasteiger partial charge is 0.481 e. The maximum Gasteiger partial charge on any atom is 0.308 e. The lowest BCUT2D eigenvalue weighted by molar-refractivity contribution is -0.142. The summed E-state index contributed by atoms with van der Waals surface area (Å²) in [5, 5.41) is 12.0. The van der Waals surface area contributed by atoms with E-state index in [0.29, 0.717) is 23.3 Å². The Morgan fingerprint density at radius 1 is 1.35 bits per heavy atom. The number of nitrogens with zero attached hydrogens (tertiary/aromatic N) is 1. The molecule has 2 bridgehead atoms. The highest BCUT2D eigenvalue weighted by atomic mass is 35.5. The van der Waals surface area contributed by atoms with Gasteiger partial charge in [-0.2, -0.15) is 4.31 Å². The summed E-state index contributed by atoms with van der Waals surface area (Å²) in [6.45, 7) is 0. The molecule has 2 saturated heterocycles. The Balaban J connectivity index is 1.82. The molecule has 5 nitrogen and oxygen atoms in total. The van der Waals surface area contributed by atoms with Crippen LogP contribution in [0.2, 0.25) is 5.02 Å². The Labute approximate surface area is 142 Å². The van der Waals surface area contributed by atoms with E-state index in [-0.39, 0.29) is 10.9 Å². The molecule has 23 heavy (non-hydrogen) atoms. The summed E-state index contributed by atoms with van der Waals surface area (Å²) in [6.07, 6.45) is 1.75. The summed E-state index contributed by atoms with van der Waals surface area (Å²) in [6, 6.07) is 4.56. The van der Waals surface area contributed by atoms with Crippen molar-refractivity contribution in [3.05, 3.63) is 28.6 Å². The fourth-order valence-electron chi connectivity index (χ4n) is 3.87. The van der Waals surface area contributed by atoms with E-state index in [9.17, 15) is 18.3 Å². The maximum absolute atomic E-state index is 13.1. The Hall–Kier alpha value is -1.15. The predicted molar refractivity (Wildman–Crippen MR) is 88.4 cm³/mol. The lowest BCUT2D eigenvalue weighted by atomic mass is 9.89. The van der Waals surface area contributed by atoms with E-state index in [1.54, 1.807) is 23.6 Å². The van der Waals surface area contributed by atoms with Crippen molar-refractivity contribution in [3.63, 3.8) is 0 Å². The van der Waals surface area contributed by atoms with Crippen molar-refractivity contribution in [2.45, 2.75) is 36.2 Å². The van der Waals surface area contributed by atoms with Gasteiger partial charge in [0, 0.05) is 32.6 Å². The molecule has 122 valence electrons. The first-order valence-electron chi connectivity index (χ1n) is 7.32. The molecule has 2 aliphatic heterocycles. The number of halogens is 1. The number of benzene rings is 1. The van der Waals surface area contributed by atoms with E-state index in [2.05, 4.69) is 0 Å². The van der Waals surface area contributed by atoms with E-state index < -0.39 is 28.0 Å². The zero-order valence-electron chi connectivity index (χ0n) is 12.0. The highest BCUT2D eigenvalue weighted by Crippen LogP contribution is 2.46. The number of hydrogen-bond acceptors (Lipinski definition) is 4. The molecule has 2 aliphatic rings. The molecule has 3 unspecified atom stereocenters. The summed E-state index contributed by atoms with van der Waals surface area (Å²) in [4.78, 5) is 11.6. The third kappa shape index (κ3) is 2.21. The smallest absolute Gasteiger partial charge is 0.308 e. The molecule has 4 rings (SSSR count). The highest BCUT2D eigenvalue weighted by Gasteiger charge is 2.54. The van der Waals surface area contributed by atoms with Gasteiger partial charge in [-0.15, -0.1) is 11.3 Å². The number of aliphatic carboxylic acids is 1. The summed E-state index contributed by atoms with van der Waals surface area (Å²) in [5.41, 5.74) is 0. The normalized spacial score (nSPS) is 27.8. The fourth-order valence-corrected chi connectivity index (χ4v) is 7.41. The molecule has 0 aliphatic carbocycles. The fraction of sp³-hybridized carbons (Fsp3) is 0.400. The van der Waals surface area contributed by atoms with Crippen molar-refractivity contribution in [2.75, 3.05) is 0 Å². The highest BCUT2D eigenvalue weighted by molar-refractivity contribution is 7.89. The molecule has 0 saturated carbocycles. The van der Waals surface area contributed by atoms with Crippen molar-refractivity contribution < 1.29 is 18.3 Å². The van der Waals surface area contributed by atoms with Crippen LogP contribution in [0.5, 0.6) is 0 Å². The van der Waals surface area contributed by atoms with Gasteiger partial charge in [-0.25, -0.2) is 8.42 Å². The van der Waals surface area contributed by atoms with Gasteiger partial charge in [-0.1, -0.05) is 11.6 Å². The summed E-state index contributed by atoms with van der Waals surface area (Å²) in [5.74, 6) is -1.51. The third-order valence-electron chi connectivity index (χ3n) is 4.85. The maximum atomic E-state index is 13.1. The second-order valence-electron chi connectivity index (χ2n) is 6.05. The molecule has 1 aromatic heterocycles. The van der Waals surface area contributed by atoms with Crippen molar-refractivity contribution >= 4 is 49.0 Å². The Bertz CT molecular complexity index is 907. The van der Waals surface area contributed by atoms with E-state index >= 15 is 0 Å². The topological polar surface area (TPSA) is 74.7 Å². The molecular formula is C15H14ClNO4S2. The lowest BCUT2D eigenvalue weighted by Gasteiger charge is -2.22. The van der Waals surface area contributed by atoms with Crippen LogP contribution in [0.25, 0.3) is 10.1 Å². The molecule has 2 fully saturated rings. The van der Waals surface area contributed by atoms with Gasteiger partial charge in [0.2, 0.25) is 10.0 Å². The van der Waals surface area contributed by atoms with Gasteiger partial charge in [0.25, 0.3) is 0 Å². The van der Waals surface area contributed by atoms with Gasteiger partial charge in [0.1, 0.15) is 4.90 Å². The number of carboxylic acids is 1. The number of hydrogen-bond donors (Lipinski definition) is 1. The second-order valence-corrected chi connectivity index (χ2v) is 9.21. The first kappa shape index (κ1) is 15.4. The van der Waals surface area contributed by atoms with Crippen molar-refractivity contribution in [1.29, 1.82) is 0 Å². The summed E-state index contributed by atoms with van der Waals surface area (Å²) in [7, 11) is -3.72. The van der Waals surface area contributed by atoms with Crippen molar-refractivity contribution in [1.82, 2.24) is 4.31 Å². The minimum atomic E-state index is -3.72. The molecule has 3 atom stereocenters. The molecule has 1 N–H and O–H groups in total. The lowest BCUT2D eigenvalue weighted by Crippen LogP contribution is -2.37. The van der Waals surface area contributed by atoms with E-state index in [1.165, 1.54) is 15.6 Å². The van der Waals surface area contributed by atoms with Crippen LogP contribution in [0.1, 0.15) is 19.3 Å². The molecule has 1 aromatic carbocycles. The predicted octanol–water partition coefficient (Wildman–Crippen LogP) is 3.18. The molecular weight excluding hydrogens is 358 g/mol. The number of thiophene rings is 1.